The summed E-state index contributed by atoms with van der Waals surface area (Å²) in [6.07, 6.45) is 4.37. The van der Waals surface area contributed by atoms with Gasteiger partial charge in [0.15, 0.2) is 0 Å². The second-order valence-corrected chi connectivity index (χ2v) is 8.32. The Bertz CT molecular complexity index is 663. The normalized spacial score (nSPS) is 18.5. The fraction of sp³-hybridized carbons (Fsp3) is 0.600. The van der Waals surface area contributed by atoms with Crippen LogP contribution in [0.3, 0.4) is 0 Å². The van der Waals surface area contributed by atoms with Gasteiger partial charge in [-0.3, -0.25) is 9.59 Å². The summed E-state index contributed by atoms with van der Waals surface area (Å²) in [6.45, 7) is 6.30. The van der Waals surface area contributed by atoms with E-state index in [1.807, 2.05) is 35.8 Å². The molecule has 2 amide bonds. The van der Waals surface area contributed by atoms with E-state index >= 15 is 0 Å². The third-order valence-corrected chi connectivity index (χ3v) is 5.61. The number of carbonyl (C=O) groups excluding carboxylic acids is 2. The van der Waals surface area contributed by atoms with Gasteiger partial charge in [0, 0.05) is 36.6 Å². The predicted octanol–water partition coefficient (Wildman–Crippen LogP) is 3.71. The van der Waals surface area contributed by atoms with Gasteiger partial charge >= 0.3 is 0 Å². The number of nitrogens with zero attached hydrogens (tertiary/aromatic N) is 2. The summed E-state index contributed by atoms with van der Waals surface area (Å²) in [5, 5.41) is 0. The van der Waals surface area contributed by atoms with Crippen molar-refractivity contribution in [3.63, 3.8) is 0 Å². The zero-order valence-electron chi connectivity index (χ0n) is 15.5. The van der Waals surface area contributed by atoms with Crippen LogP contribution in [0.2, 0.25) is 0 Å². The van der Waals surface area contributed by atoms with E-state index in [0.29, 0.717) is 37.5 Å². The quantitative estimate of drug-likeness (QED) is 0.742. The first-order valence-electron chi connectivity index (χ1n) is 9.50. The van der Waals surface area contributed by atoms with Crippen molar-refractivity contribution in [1.82, 2.24) is 9.80 Å². The zero-order chi connectivity index (χ0) is 18.7. The summed E-state index contributed by atoms with van der Waals surface area (Å²) >= 11 is 3.44. The molecule has 6 heteroatoms. The minimum atomic E-state index is -0.0267. The molecule has 0 aromatic heterocycles. The van der Waals surface area contributed by atoms with Crippen LogP contribution in [-0.4, -0.2) is 53.9 Å². The molecule has 1 aromatic rings. The maximum absolute atomic E-state index is 13.0. The molecule has 0 radical (unpaired) electrons. The summed E-state index contributed by atoms with van der Waals surface area (Å²) in [5.41, 5.74) is 0.581. The molecule has 0 N–H and O–H groups in total. The van der Waals surface area contributed by atoms with Gasteiger partial charge in [0.2, 0.25) is 5.91 Å². The number of carbonyl (C=O) groups is 2. The maximum atomic E-state index is 13.0. The number of piperazine rings is 1. The molecule has 0 unspecified atom stereocenters. The smallest absolute Gasteiger partial charge is 0.257 e. The molecule has 1 aromatic carbocycles. The van der Waals surface area contributed by atoms with Crippen molar-refractivity contribution in [3.05, 3.63) is 28.2 Å². The first kappa shape index (κ1) is 19.2. The van der Waals surface area contributed by atoms with E-state index in [-0.39, 0.29) is 23.8 Å². The Morgan fingerprint density at radius 1 is 1.08 bits per heavy atom. The van der Waals surface area contributed by atoms with Crippen molar-refractivity contribution in [2.75, 3.05) is 26.2 Å². The van der Waals surface area contributed by atoms with Crippen LogP contribution in [0.5, 0.6) is 5.75 Å². The highest BCUT2D eigenvalue weighted by Gasteiger charge is 2.31. The van der Waals surface area contributed by atoms with Gasteiger partial charge in [-0.15, -0.1) is 0 Å². The van der Waals surface area contributed by atoms with Gasteiger partial charge in [0.25, 0.3) is 5.91 Å². The predicted molar refractivity (Wildman–Crippen MR) is 104 cm³/mol. The van der Waals surface area contributed by atoms with E-state index in [4.69, 9.17) is 4.74 Å². The fourth-order valence-electron chi connectivity index (χ4n) is 3.76. The maximum Gasteiger partial charge on any atom is 0.257 e. The molecular formula is C20H27BrN2O3. The Hall–Kier alpha value is -1.56. The Kier molecular flexibility index (Phi) is 6.22. The average Bonchev–Trinajstić information content (AvgIpc) is 3.15. The lowest BCUT2D eigenvalue weighted by molar-refractivity contribution is -0.136. The van der Waals surface area contributed by atoms with E-state index in [1.165, 1.54) is 0 Å². The third-order valence-electron chi connectivity index (χ3n) is 5.12. The highest BCUT2D eigenvalue weighted by atomic mass is 79.9. The number of ether oxygens (including phenoxy) is 1. The van der Waals surface area contributed by atoms with Crippen LogP contribution < -0.4 is 4.74 Å². The molecule has 3 rings (SSSR count). The molecule has 26 heavy (non-hydrogen) atoms. The summed E-state index contributed by atoms with van der Waals surface area (Å²) < 4.78 is 6.71. The lowest BCUT2D eigenvalue weighted by Gasteiger charge is -2.36. The minimum Gasteiger partial charge on any atom is -0.490 e. The largest absolute Gasteiger partial charge is 0.490 e. The topological polar surface area (TPSA) is 49.9 Å². The van der Waals surface area contributed by atoms with Crippen molar-refractivity contribution in [3.8, 4) is 5.75 Å². The molecule has 1 aliphatic carbocycles. The van der Waals surface area contributed by atoms with Gasteiger partial charge in [-0.05, 0) is 44.9 Å². The Morgan fingerprint density at radius 2 is 1.69 bits per heavy atom. The van der Waals surface area contributed by atoms with E-state index in [9.17, 15) is 9.59 Å². The zero-order valence-corrected chi connectivity index (χ0v) is 17.1. The second kappa shape index (κ2) is 8.42. The van der Waals surface area contributed by atoms with Crippen LogP contribution in [0.25, 0.3) is 0 Å². The summed E-state index contributed by atoms with van der Waals surface area (Å²) in [5.74, 6) is 1.06. The minimum absolute atomic E-state index is 0.00303. The Labute approximate surface area is 163 Å². The molecule has 2 fully saturated rings. The Balaban J connectivity index is 1.64. The molecule has 0 spiro atoms. The third kappa shape index (κ3) is 4.40. The van der Waals surface area contributed by atoms with Crippen LogP contribution in [0.1, 0.15) is 49.9 Å². The average molecular weight is 423 g/mol. The highest BCUT2D eigenvalue weighted by molar-refractivity contribution is 9.10. The van der Waals surface area contributed by atoms with Gasteiger partial charge in [-0.2, -0.15) is 0 Å². The standard InChI is InChI=1S/C20H27BrN2O3/c1-14(2)26-18-13-16(21)7-8-17(18)20(25)23-11-9-22(10-12-23)19(24)15-5-3-4-6-15/h7-8,13-15H,3-6,9-12H2,1-2H3. The molecule has 1 saturated heterocycles. The van der Waals surface area contributed by atoms with Gasteiger partial charge in [-0.25, -0.2) is 0 Å². The van der Waals surface area contributed by atoms with Crippen molar-refractivity contribution in [1.29, 1.82) is 0 Å². The van der Waals surface area contributed by atoms with E-state index < -0.39 is 0 Å². The molecule has 1 saturated carbocycles. The molecule has 142 valence electrons. The van der Waals surface area contributed by atoms with E-state index in [2.05, 4.69) is 15.9 Å². The van der Waals surface area contributed by atoms with Crippen molar-refractivity contribution in [2.24, 2.45) is 5.92 Å². The van der Waals surface area contributed by atoms with E-state index in [0.717, 1.165) is 30.2 Å². The first-order valence-corrected chi connectivity index (χ1v) is 10.3. The SMILES string of the molecule is CC(C)Oc1cc(Br)ccc1C(=O)N1CCN(C(=O)C2CCCC2)CC1. The van der Waals surface area contributed by atoms with Gasteiger partial charge in [0.1, 0.15) is 5.75 Å². The molecule has 1 aliphatic heterocycles. The monoisotopic (exact) mass is 422 g/mol. The molecule has 5 nitrogen and oxygen atoms in total. The number of rotatable bonds is 4. The van der Waals surface area contributed by atoms with Crippen LogP contribution in [-0.2, 0) is 4.79 Å². The van der Waals surface area contributed by atoms with Gasteiger partial charge in [-0.1, -0.05) is 28.8 Å². The van der Waals surface area contributed by atoms with Crippen molar-refractivity contribution in [2.45, 2.75) is 45.6 Å². The lowest BCUT2D eigenvalue weighted by Crippen LogP contribution is -2.51. The molecular weight excluding hydrogens is 396 g/mol. The van der Waals surface area contributed by atoms with E-state index in [1.54, 1.807) is 6.07 Å². The van der Waals surface area contributed by atoms with Gasteiger partial charge in [0.05, 0.1) is 11.7 Å². The number of benzene rings is 1. The lowest BCUT2D eigenvalue weighted by atomic mass is 10.1. The van der Waals surface area contributed by atoms with Crippen LogP contribution in [0.4, 0.5) is 0 Å². The van der Waals surface area contributed by atoms with Gasteiger partial charge < -0.3 is 14.5 Å². The van der Waals surface area contributed by atoms with Crippen LogP contribution in [0.15, 0.2) is 22.7 Å². The van der Waals surface area contributed by atoms with Crippen LogP contribution in [0, 0.1) is 5.92 Å². The number of hydrogen-bond acceptors (Lipinski definition) is 3. The Morgan fingerprint density at radius 3 is 2.31 bits per heavy atom. The van der Waals surface area contributed by atoms with Crippen molar-refractivity contribution < 1.29 is 14.3 Å². The number of hydrogen-bond donors (Lipinski definition) is 0. The molecule has 2 aliphatic rings. The first-order chi connectivity index (χ1) is 12.5. The second-order valence-electron chi connectivity index (χ2n) is 7.41. The summed E-state index contributed by atoms with van der Waals surface area (Å²) in [4.78, 5) is 29.3. The molecule has 0 bridgehead atoms. The van der Waals surface area contributed by atoms with Crippen LogP contribution >= 0.6 is 15.9 Å². The number of halogens is 1. The van der Waals surface area contributed by atoms with Crippen molar-refractivity contribution >= 4 is 27.7 Å². The summed E-state index contributed by atoms with van der Waals surface area (Å²) in [7, 11) is 0. The fourth-order valence-corrected chi connectivity index (χ4v) is 4.10. The molecule has 0 atom stereocenters. The molecule has 1 heterocycles. The highest BCUT2D eigenvalue weighted by Crippen LogP contribution is 2.28. The summed E-state index contributed by atoms with van der Waals surface area (Å²) in [6, 6.07) is 5.51. The number of amides is 2.